The van der Waals surface area contributed by atoms with Gasteiger partial charge in [0.05, 0.1) is 25.4 Å². The van der Waals surface area contributed by atoms with Crippen molar-refractivity contribution in [2.45, 2.75) is 38.6 Å². The maximum absolute atomic E-state index is 12.3. The lowest BCUT2D eigenvalue weighted by molar-refractivity contribution is -0.135. The third-order valence-corrected chi connectivity index (χ3v) is 3.62. The minimum absolute atomic E-state index is 0.0775. The van der Waals surface area contributed by atoms with Crippen LogP contribution in [0.3, 0.4) is 0 Å². The zero-order valence-corrected chi connectivity index (χ0v) is 12.5. The summed E-state index contributed by atoms with van der Waals surface area (Å²) in [7, 11) is 1.66. The molecule has 0 bridgehead atoms. The van der Waals surface area contributed by atoms with E-state index in [1.807, 2.05) is 11.8 Å². The first-order chi connectivity index (χ1) is 9.01. The van der Waals surface area contributed by atoms with Gasteiger partial charge < -0.3 is 20.1 Å². The van der Waals surface area contributed by atoms with E-state index in [9.17, 15) is 4.79 Å². The van der Waals surface area contributed by atoms with Crippen molar-refractivity contribution in [3.63, 3.8) is 0 Å². The first-order valence-electron chi connectivity index (χ1n) is 7.16. The summed E-state index contributed by atoms with van der Waals surface area (Å²) in [4.78, 5) is 14.2. The van der Waals surface area contributed by atoms with Gasteiger partial charge in [0.25, 0.3) is 0 Å². The molecule has 112 valence electrons. The van der Waals surface area contributed by atoms with Crippen LogP contribution in [-0.2, 0) is 14.3 Å². The number of nitrogens with zero attached hydrogens (tertiary/aromatic N) is 1. The molecule has 19 heavy (non-hydrogen) atoms. The largest absolute Gasteiger partial charge is 0.382 e. The van der Waals surface area contributed by atoms with E-state index >= 15 is 0 Å². The minimum Gasteiger partial charge on any atom is -0.382 e. The Bertz CT molecular complexity index is 282. The van der Waals surface area contributed by atoms with Crippen LogP contribution < -0.4 is 5.73 Å². The average Bonchev–Trinajstić information content (AvgIpc) is 2.82. The molecule has 0 radical (unpaired) electrons. The van der Waals surface area contributed by atoms with Crippen LogP contribution in [0.1, 0.15) is 33.1 Å². The van der Waals surface area contributed by atoms with Crippen molar-refractivity contribution in [3.05, 3.63) is 0 Å². The molecule has 1 aliphatic rings. The highest BCUT2D eigenvalue weighted by atomic mass is 16.5. The van der Waals surface area contributed by atoms with Crippen molar-refractivity contribution in [3.8, 4) is 0 Å². The second-order valence-corrected chi connectivity index (χ2v) is 5.64. The highest BCUT2D eigenvalue weighted by Gasteiger charge is 2.35. The Kier molecular flexibility index (Phi) is 6.75. The topological polar surface area (TPSA) is 64.8 Å². The standard InChI is InChI=1S/C14H28N2O3/c1-4-6-14(2,15)13(17)16-7-5-12(10-16)11-19-9-8-18-3/h12H,4-11,15H2,1-3H3. The maximum Gasteiger partial charge on any atom is 0.242 e. The summed E-state index contributed by atoms with van der Waals surface area (Å²) in [6.45, 7) is 7.38. The summed E-state index contributed by atoms with van der Waals surface area (Å²) in [5.41, 5.74) is 5.38. The summed E-state index contributed by atoms with van der Waals surface area (Å²) >= 11 is 0. The maximum atomic E-state index is 12.3. The van der Waals surface area contributed by atoms with Gasteiger partial charge in [0, 0.05) is 26.1 Å². The lowest BCUT2D eigenvalue weighted by Crippen LogP contribution is -2.52. The monoisotopic (exact) mass is 272 g/mol. The van der Waals surface area contributed by atoms with E-state index in [0.29, 0.717) is 25.7 Å². The van der Waals surface area contributed by atoms with E-state index in [4.69, 9.17) is 15.2 Å². The number of amides is 1. The van der Waals surface area contributed by atoms with Gasteiger partial charge in [-0.15, -0.1) is 0 Å². The fourth-order valence-corrected chi connectivity index (χ4v) is 2.53. The summed E-state index contributed by atoms with van der Waals surface area (Å²) in [5, 5.41) is 0. The number of hydrogen-bond donors (Lipinski definition) is 1. The van der Waals surface area contributed by atoms with E-state index in [-0.39, 0.29) is 5.91 Å². The van der Waals surface area contributed by atoms with Gasteiger partial charge in [-0.25, -0.2) is 0 Å². The quantitative estimate of drug-likeness (QED) is 0.670. The highest BCUT2D eigenvalue weighted by molar-refractivity contribution is 5.85. The number of nitrogens with two attached hydrogens (primary N) is 1. The fourth-order valence-electron chi connectivity index (χ4n) is 2.53. The van der Waals surface area contributed by atoms with Crippen LogP contribution in [0.5, 0.6) is 0 Å². The van der Waals surface area contributed by atoms with Crippen molar-refractivity contribution in [1.82, 2.24) is 4.90 Å². The van der Waals surface area contributed by atoms with Gasteiger partial charge in [-0.1, -0.05) is 13.3 Å². The Labute approximate surface area is 116 Å². The van der Waals surface area contributed by atoms with Gasteiger partial charge in [-0.2, -0.15) is 0 Å². The van der Waals surface area contributed by atoms with Crippen LogP contribution in [0.4, 0.5) is 0 Å². The SMILES string of the molecule is CCCC(C)(N)C(=O)N1CCC(COCCOC)C1. The van der Waals surface area contributed by atoms with Crippen molar-refractivity contribution in [1.29, 1.82) is 0 Å². The molecule has 5 heteroatoms. The molecule has 1 rings (SSSR count). The number of methoxy groups -OCH3 is 1. The average molecular weight is 272 g/mol. The number of carbonyl (C=O) groups is 1. The zero-order valence-electron chi connectivity index (χ0n) is 12.5. The molecule has 0 spiro atoms. The van der Waals surface area contributed by atoms with Gasteiger partial charge in [0.2, 0.25) is 5.91 Å². The summed E-state index contributed by atoms with van der Waals surface area (Å²) in [6.07, 6.45) is 2.66. The lowest BCUT2D eigenvalue weighted by atomic mass is 9.96. The van der Waals surface area contributed by atoms with E-state index in [1.54, 1.807) is 7.11 Å². The minimum atomic E-state index is -0.722. The Morgan fingerprint density at radius 3 is 2.84 bits per heavy atom. The second-order valence-electron chi connectivity index (χ2n) is 5.64. The van der Waals surface area contributed by atoms with Crippen LogP contribution >= 0.6 is 0 Å². The van der Waals surface area contributed by atoms with Crippen LogP contribution in [0.15, 0.2) is 0 Å². The van der Waals surface area contributed by atoms with E-state index < -0.39 is 5.54 Å². The molecule has 1 fully saturated rings. The molecule has 1 heterocycles. The molecule has 2 N–H and O–H groups in total. The molecular weight excluding hydrogens is 244 g/mol. The van der Waals surface area contributed by atoms with Crippen molar-refractivity contribution in [2.24, 2.45) is 11.7 Å². The summed E-state index contributed by atoms with van der Waals surface area (Å²) in [6, 6.07) is 0. The second kappa shape index (κ2) is 7.82. The molecule has 1 aliphatic heterocycles. The third-order valence-electron chi connectivity index (χ3n) is 3.62. The van der Waals surface area contributed by atoms with E-state index in [1.165, 1.54) is 0 Å². The van der Waals surface area contributed by atoms with Crippen LogP contribution in [-0.4, -0.2) is 56.4 Å². The third kappa shape index (κ3) is 5.09. The Morgan fingerprint density at radius 1 is 1.47 bits per heavy atom. The Hall–Kier alpha value is -0.650. The lowest BCUT2D eigenvalue weighted by Gasteiger charge is -2.28. The van der Waals surface area contributed by atoms with E-state index in [2.05, 4.69) is 6.92 Å². The highest BCUT2D eigenvalue weighted by Crippen LogP contribution is 2.21. The van der Waals surface area contributed by atoms with Crippen molar-refractivity contribution >= 4 is 5.91 Å². The number of carbonyl (C=O) groups excluding carboxylic acids is 1. The van der Waals surface area contributed by atoms with Crippen molar-refractivity contribution < 1.29 is 14.3 Å². The van der Waals surface area contributed by atoms with Gasteiger partial charge in [0.15, 0.2) is 0 Å². The van der Waals surface area contributed by atoms with E-state index in [0.717, 1.165) is 32.4 Å². The molecule has 0 aliphatic carbocycles. The molecule has 1 saturated heterocycles. The molecule has 0 aromatic carbocycles. The van der Waals surface area contributed by atoms with Crippen LogP contribution in [0, 0.1) is 5.92 Å². The predicted molar refractivity (Wildman–Crippen MR) is 74.9 cm³/mol. The molecule has 1 amide bonds. The summed E-state index contributed by atoms with van der Waals surface area (Å²) < 4.78 is 10.5. The van der Waals surface area contributed by atoms with Gasteiger partial charge in [-0.3, -0.25) is 4.79 Å². The Morgan fingerprint density at radius 2 is 2.21 bits per heavy atom. The van der Waals surface area contributed by atoms with Crippen molar-refractivity contribution in [2.75, 3.05) is 40.0 Å². The Balaban J connectivity index is 2.33. The number of rotatable bonds is 8. The summed E-state index contributed by atoms with van der Waals surface area (Å²) in [5.74, 6) is 0.506. The molecule has 0 aromatic heterocycles. The molecule has 5 nitrogen and oxygen atoms in total. The fraction of sp³-hybridized carbons (Fsp3) is 0.929. The normalized spacial score (nSPS) is 22.5. The van der Waals surface area contributed by atoms with Gasteiger partial charge >= 0.3 is 0 Å². The molecule has 0 saturated carbocycles. The first-order valence-corrected chi connectivity index (χ1v) is 7.16. The van der Waals surface area contributed by atoms with Crippen LogP contribution in [0.2, 0.25) is 0 Å². The zero-order chi connectivity index (χ0) is 14.3. The van der Waals surface area contributed by atoms with Crippen LogP contribution in [0.25, 0.3) is 0 Å². The van der Waals surface area contributed by atoms with Gasteiger partial charge in [-0.05, 0) is 19.8 Å². The first kappa shape index (κ1) is 16.4. The molecule has 0 aromatic rings. The molecular formula is C14H28N2O3. The molecule has 2 unspecified atom stereocenters. The molecule has 2 atom stereocenters. The smallest absolute Gasteiger partial charge is 0.242 e. The number of hydrogen-bond acceptors (Lipinski definition) is 4. The number of ether oxygens (including phenoxy) is 2. The number of likely N-dealkylation sites (tertiary alicyclic amines) is 1. The van der Waals surface area contributed by atoms with Gasteiger partial charge in [0.1, 0.15) is 0 Å². The predicted octanol–water partition coefficient (Wildman–Crippen LogP) is 1.02.